The highest BCUT2D eigenvalue weighted by Gasteiger charge is 2.16. The van der Waals surface area contributed by atoms with Gasteiger partial charge < -0.3 is 10.6 Å². The van der Waals surface area contributed by atoms with Crippen LogP contribution in [0.4, 0.5) is 5.69 Å². The monoisotopic (exact) mass is 234 g/mol. The second-order valence-electron chi connectivity index (χ2n) is 4.86. The van der Waals surface area contributed by atoms with Gasteiger partial charge in [-0.3, -0.25) is 0 Å². The van der Waals surface area contributed by atoms with E-state index in [2.05, 4.69) is 56.9 Å². The molecule has 0 aromatic heterocycles. The minimum Gasteiger partial charge on any atom is -0.369 e. The molecule has 0 aliphatic rings. The fraction of sp³-hybridized carbons (Fsp3) is 0.600. The molecule has 0 fully saturated rings. The van der Waals surface area contributed by atoms with Crippen molar-refractivity contribution in [2.75, 3.05) is 11.4 Å². The van der Waals surface area contributed by atoms with Gasteiger partial charge in [0.05, 0.1) is 0 Å². The molecule has 2 N–H and O–H groups in total. The number of benzene rings is 1. The van der Waals surface area contributed by atoms with Gasteiger partial charge in [0.15, 0.2) is 0 Å². The lowest BCUT2D eigenvalue weighted by molar-refractivity contribution is 0.648. The maximum atomic E-state index is 6.20. The van der Waals surface area contributed by atoms with Crippen LogP contribution in [0.2, 0.25) is 0 Å². The van der Waals surface area contributed by atoms with Crippen LogP contribution in [-0.2, 0) is 0 Å². The number of hydrogen-bond donors (Lipinski definition) is 1. The van der Waals surface area contributed by atoms with E-state index < -0.39 is 0 Å². The molecule has 0 radical (unpaired) electrons. The van der Waals surface area contributed by atoms with E-state index in [1.54, 1.807) is 0 Å². The van der Waals surface area contributed by atoms with Crippen molar-refractivity contribution in [2.24, 2.45) is 5.73 Å². The molecule has 0 aliphatic heterocycles. The Morgan fingerprint density at radius 2 is 1.82 bits per heavy atom. The summed E-state index contributed by atoms with van der Waals surface area (Å²) in [5, 5.41) is 0. The lowest BCUT2D eigenvalue weighted by Gasteiger charge is -2.32. The second-order valence-corrected chi connectivity index (χ2v) is 4.86. The van der Waals surface area contributed by atoms with E-state index in [1.807, 2.05) is 0 Å². The van der Waals surface area contributed by atoms with E-state index in [4.69, 9.17) is 5.73 Å². The third kappa shape index (κ3) is 3.47. The van der Waals surface area contributed by atoms with E-state index in [1.165, 1.54) is 11.3 Å². The van der Waals surface area contributed by atoms with Gasteiger partial charge in [0.1, 0.15) is 0 Å². The van der Waals surface area contributed by atoms with Crippen molar-refractivity contribution in [1.29, 1.82) is 0 Å². The standard InChI is InChI=1S/C15H26N2/c1-5-11-17(12(3)4)15-10-8-7-9-13(15)14(16)6-2/h7-10,12,14H,5-6,11,16H2,1-4H3/t14-/m0/s1. The highest BCUT2D eigenvalue weighted by Crippen LogP contribution is 2.28. The summed E-state index contributed by atoms with van der Waals surface area (Å²) < 4.78 is 0. The van der Waals surface area contributed by atoms with Gasteiger partial charge in [-0.1, -0.05) is 32.0 Å². The van der Waals surface area contributed by atoms with Gasteiger partial charge in [-0.15, -0.1) is 0 Å². The Morgan fingerprint density at radius 3 is 2.35 bits per heavy atom. The molecular weight excluding hydrogens is 208 g/mol. The SMILES string of the molecule is CCCN(c1ccccc1[C@@H](N)CC)C(C)C. The molecule has 0 amide bonds. The first kappa shape index (κ1) is 14.0. The molecule has 96 valence electrons. The molecule has 0 bridgehead atoms. The summed E-state index contributed by atoms with van der Waals surface area (Å²) in [4.78, 5) is 2.45. The highest BCUT2D eigenvalue weighted by molar-refractivity contribution is 5.55. The summed E-state index contributed by atoms with van der Waals surface area (Å²) >= 11 is 0. The summed E-state index contributed by atoms with van der Waals surface area (Å²) in [7, 11) is 0. The Morgan fingerprint density at radius 1 is 1.18 bits per heavy atom. The summed E-state index contributed by atoms with van der Waals surface area (Å²) in [5.41, 5.74) is 8.78. The van der Waals surface area contributed by atoms with Crippen molar-refractivity contribution in [2.45, 2.75) is 52.6 Å². The Labute approximate surface area is 106 Å². The zero-order valence-electron chi connectivity index (χ0n) is 11.6. The fourth-order valence-corrected chi connectivity index (χ4v) is 2.18. The van der Waals surface area contributed by atoms with E-state index in [-0.39, 0.29) is 6.04 Å². The van der Waals surface area contributed by atoms with E-state index in [9.17, 15) is 0 Å². The molecule has 1 atom stereocenters. The predicted molar refractivity (Wildman–Crippen MR) is 76.4 cm³/mol. The van der Waals surface area contributed by atoms with Gasteiger partial charge in [-0.2, -0.15) is 0 Å². The number of nitrogens with two attached hydrogens (primary N) is 1. The lowest BCUT2D eigenvalue weighted by atomic mass is 10.0. The van der Waals surface area contributed by atoms with Crippen molar-refractivity contribution >= 4 is 5.69 Å². The van der Waals surface area contributed by atoms with Crippen molar-refractivity contribution in [3.8, 4) is 0 Å². The topological polar surface area (TPSA) is 29.3 Å². The molecule has 1 rings (SSSR count). The molecule has 2 nitrogen and oxygen atoms in total. The zero-order valence-corrected chi connectivity index (χ0v) is 11.6. The first-order chi connectivity index (χ1) is 8.11. The molecule has 17 heavy (non-hydrogen) atoms. The molecular formula is C15H26N2. The Bertz CT molecular complexity index is 333. The van der Waals surface area contributed by atoms with Gasteiger partial charge in [0, 0.05) is 24.3 Å². The van der Waals surface area contributed by atoms with Crippen molar-refractivity contribution in [3.63, 3.8) is 0 Å². The molecule has 0 heterocycles. The molecule has 0 aliphatic carbocycles. The minimum absolute atomic E-state index is 0.143. The molecule has 1 aromatic rings. The van der Waals surface area contributed by atoms with Gasteiger partial charge in [0.25, 0.3) is 0 Å². The highest BCUT2D eigenvalue weighted by atomic mass is 15.2. The lowest BCUT2D eigenvalue weighted by Crippen LogP contribution is -2.33. The van der Waals surface area contributed by atoms with Crippen LogP contribution < -0.4 is 10.6 Å². The van der Waals surface area contributed by atoms with Crippen LogP contribution in [0, 0.1) is 0 Å². The minimum atomic E-state index is 0.143. The third-order valence-corrected chi connectivity index (χ3v) is 3.17. The average Bonchev–Trinajstić information content (AvgIpc) is 2.34. The van der Waals surface area contributed by atoms with Crippen molar-refractivity contribution in [1.82, 2.24) is 0 Å². The predicted octanol–water partition coefficient (Wildman–Crippen LogP) is 3.72. The van der Waals surface area contributed by atoms with Crippen molar-refractivity contribution in [3.05, 3.63) is 29.8 Å². The quantitative estimate of drug-likeness (QED) is 0.813. The third-order valence-electron chi connectivity index (χ3n) is 3.17. The van der Waals surface area contributed by atoms with Crippen molar-refractivity contribution < 1.29 is 0 Å². The Hall–Kier alpha value is -1.02. The number of rotatable bonds is 6. The summed E-state index contributed by atoms with van der Waals surface area (Å²) in [6, 6.07) is 9.20. The van der Waals surface area contributed by atoms with E-state index in [0.717, 1.165) is 19.4 Å². The average molecular weight is 234 g/mol. The summed E-state index contributed by atoms with van der Waals surface area (Å²) in [6.07, 6.45) is 2.14. The van der Waals surface area contributed by atoms with Crippen LogP contribution in [0.3, 0.4) is 0 Å². The number of nitrogens with zero attached hydrogens (tertiary/aromatic N) is 1. The van der Waals surface area contributed by atoms with Crippen LogP contribution in [0.5, 0.6) is 0 Å². The normalized spacial score (nSPS) is 12.8. The van der Waals surface area contributed by atoms with Gasteiger partial charge in [-0.05, 0) is 38.3 Å². The first-order valence-electron chi connectivity index (χ1n) is 6.72. The zero-order chi connectivity index (χ0) is 12.8. The largest absolute Gasteiger partial charge is 0.369 e. The maximum Gasteiger partial charge on any atom is 0.0416 e. The molecule has 0 saturated heterocycles. The maximum absolute atomic E-state index is 6.20. The number of para-hydroxylation sites is 1. The van der Waals surface area contributed by atoms with Crippen LogP contribution in [0.1, 0.15) is 52.1 Å². The molecule has 2 heteroatoms. The molecule has 1 aromatic carbocycles. The van der Waals surface area contributed by atoms with Crippen LogP contribution >= 0.6 is 0 Å². The van der Waals surface area contributed by atoms with E-state index >= 15 is 0 Å². The summed E-state index contributed by atoms with van der Waals surface area (Å²) in [5.74, 6) is 0. The second kappa shape index (κ2) is 6.65. The van der Waals surface area contributed by atoms with Gasteiger partial charge in [-0.25, -0.2) is 0 Å². The van der Waals surface area contributed by atoms with Gasteiger partial charge >= 0.3 is 0 Å². The smallest absolute Gasteiger partial charge is 0.0416 e. The molecule has 0 spiro atoms. The van der Waals surface area contributed by atoms with Crippen LogP contribution in [0.15, 0.2) is 24.3 Å². The first-order valence-corrected chi connectivity index (χ1v) is 6.72. The van der Waals surface area contributed by atoms with Crippen LogP contribution in [-0.4, -0.2) is 12.6 Å². The summed E-state index contributed by atoms with van der Waals surface area (Å²) in [6.45, 7) is 9.93. The molecule has 0 unspecified atom stereocenters. The van der Waals surface area contributed by atoms with Crippen LogP contribution in [0.25, 0.3) is 0 Å². The number of hydrogen-bond acceptors (Lipinski definition) is 2. The Balaban J connectivity index is 3.09. The molecule has 0 saturated carbocycles. The number of anilines is 1. The van der Waals surface area contributed by atoms with E-state index in [0.29, 0.717) is 6.04 Å². The fourth-order valence-electron chi connectivity index (χ4n) is 2.18. The van der Waals surface area contributed by atoms with Gasteiger partial charge in [0.2, 0.25) is 0 Å². The Kier molecular flexibility index (Phi) is 5.49.